The summed E-state index contributed by atoms with van der Waals surface area (Å²) in [4.78, 5) is 40.8. The minimum atomic E-state index is -0.708. The van der Waals surface area contributed by atoms with Crippen LogP contribution in [0, 0.1) is 0 Å². The number of halogens is 1. The molecule has 0 spiro atoms. The van der Waals surface area contributed by atoms with E-state index in [1.165, 1.54) is 16.7 Å². The molecular weight excluding hydrogens is 508 g/mol. The fourth-order valence-corrected chi connectivity index (χ4v) is 6.21. The number of hydrogen-bond acceptors (Lipinski definition) is 5. The number of nitrogens with zero attached hydrogens (tertiary/aromatic N) is 1. The molecule has 1 N–H and O–H groups in total. The lowest BCUT2D eigenvalue weighted by atomic mass is 10.0. The molecule has 2 heterocycles. The number of carbonyl (C=O) groups excluding carboxylic acids is 3. The maximum Gasteiger partial charge on any atom is 0.356 e. The molecule has 2 aliphatic rings. The van der Waals surface area contributed by atoms with Crippen LogP contribution in [0.3, 0.4) is 0 Å². The molecule has 0 bridgehead atoms. The van der Waals surface area contributed by atoms with Crippen LogP contribution in [0.5, 0.6) is 0 Å². The van der Waals surface area contributed by atoms with E-state index in [4.69, 9.17) is 16.3 Å². The quantitative estimate of drug-likeness (QED) is 0.263. The molecule has 1 fully saturated rings. The second kappa shape index (κ2) is 11.2. The standard InChI is InChI=1S/C29H25ClN2O4S/c30-17-22-18-37-28-24(31-23(33)16-19-10-4-1-5-11-19)27(34)32(28)25(22)29(35)36-26(20-12-6-2-7-13-20)21-14-8-3-9-15-21/h1-15,24,26,28H,16-18H2,(H,31,33)/t24-,28-/m1/s1. The molecule has 8 heteroatoms. The van der Waals surface area contributed by atoms with Crippen molar-refractivity contribution in [1.82, 2.24) is 10.2 Å². The molecule has 0 unspecified atom stereocenters. The van der Waals surface area contributed by atoms with Gasteiger partial charge in [0.1, 0.15) is 17.1 Å². The maximum absolute atomic E-state index is 13.6. The van der Waals surface area contributed by atoms with Crippen molar-refractivity contribution in [1.29, 1.82) is 0 Å². The Morgan fingerprint density at radius 2 is 1.51 bits per heavy atom. The van der Waals surface area contributed by atoms with E-state index in [-0.39, 0.29) is 29.8 Å². The fraction of sp³-hybridized carbons (Fsp3) is 0.207. The normalized spacial score (nSPS) is 18.8. The molecule has 37 heavy (non-hydrogen) atoms. The molecule has 6 nitrogen and oxygen atoms in total. The Balaban J connectivity index is 1.35. The highest BCUT2D eigenvalue weighted by Crippen LogP contribution is 2.41. The monoisotopic (exact) mass is 532 g/mol. The van der Waals surface area contributed by atoms with Gasteiger partial charge in [0.15, 0.2) is 6.10 Å². The van der Waals surface area contributed by atoms with E-state index in [1.807, 2.05) is 91.0 Å². The Kier molecular flexibility index (Phi) is 7.63. The highest BCUT2D eigenvalue weighted by atomic mass is 35.5. The van der Waals surface area contributed by atoms with Crippen LogP contribution in [0.15, 0.2) is 102 Å². The van der Waals surface area contributed by atoms with Gasteiger partial charge in [0, 0.05) is 11.6 Å². The number of esters is 1. The molecular formula is C29H25ClN2O4S. The van der Waals surface area contributed by atoms with Gasteiger partial charge in [0.05, 0.1) is 6.42 Å². The molecule has 0 aromatic heterocycles. The zero-order valence-electron chi connectivity index (χ0n) is 19.9. The highest BCUT2D eigenvalue weighted by molar-refractivity contribution is 8.00. The van der Waals surface area contributed by atoms with E-state index < -0.39 is 23.5 Å². The minimum absolute atomic E-state index is 0.0975. The summed E-state index contributed by atoms with van der Waals surface area (Å²) in [6.07, 6.45) is -0.472. The van der Waals surface area contributed by atoms with E-state index in [0.29, 0.717) is 11.3 Å². The first-order valence-electron chi connectivity index (χ1n) is 11.9. The van der Waals surface area contributed by atoms with Crippen LogP contribution < -0.4 is 5.32 Å². The zero-order chi connectivity index (χ0) is 25.8. The molecule has 0 saturated carbocycles. The van der Waals surface area contributed by atoms with Crippen molar-refractivity contribution in [2.75, 3.05) is 11.6 Å². The number of nitrogens with one attached hydrogen (secondary N) is 1. The van der Waals surface area contributed by atoms with E-state index in [9.17, 15) is 14.4 Å². The summed E-state index contributed by atoms with van der Waals surface area (Å²) in [5, 5.41) is 2.45. The Bertz CT molecular complexity index is 1280. The number of hydrogen-bond donors (Lipinski definition) is 1. The lowest BCUT2D eigenvalue weighted by Gasteiger charge is -2.49. The van der Waals surface area contributed by atoms with Gasteiger partial charge in [-0.1, -0.05) is 91.0 Å². The first-order valence-corrected chi connectivity index (χ1v) is 13.5. The first kappa shape index (κ1) is 25.1. The summed E-state index contributed by atoms with van der Waals surface area (Å²) in [6, 6.07) is 27.6. The Hall–Kier alpha value is -3.55. The van der Waals surface area contributed by atoms with Gasteiger partial charge in [-0.2, -0.15) is 0 Å². The number of alkyl halides is 1. The van der Waals surface area contributed by atoms with Gasteiger partial charge < -0.3 is 10.1 Å². The van der Waals surface area contributed by atoms with Crippen molar-refractivity contribution < 1.29 is 19.1 Å². The van der Waals surface area contributed by atoms with Crippen LogP contribution >= 0.6 is 23.4 Å². The summed E-state index contributed by atoms with van der Waals surface area (Å²) in [6.45, 7) is 0. The van der Waals surface area contributed by atoms with Gasteiger partial charge >= 0.3 is 5.97 Å². The van der Waals surface area contributed by atoms with Crippen LogP contribution in [0.4, 0.5) is 0 Å². The average molecular weight is 533 g/mol. The molecule has 1 saturated heterocycles. The topological polar surface area (TPSA) is 75.7 Å². The Labute approximate surface area is 224 Å². The smallest absolute Gasteiger partial charge is 0.356 e. The fourth-order valence-electron chi connectivity index (χ4n) is 4.53. The summed E-state index contributed by atoms with van der Waals surface area (Å²) < 4.78 is 6.04. The first-order chi connectivity index (χ1) is 18.1. The van der Waals surface area contributed by atoms with Crippen molar-refractivity contribution >= 4 is 41.1 Å². The van der Waals surface area contributed by atoms with Crippen molar-refractivity contribution in [3.63, 3.8) is 0 Å². The second-order valence-corrected chi connectivity index (χ2v) is 10.2. The Morgan fingerprint density at radius 1 is 0.946 bits per heavy atom. The molecule has 5 rings (SSSR count). The maximum atomic E-state index is 13.6. The molecule has 3 aromatic rings. The van der Waals surface area contributed by atoms with Crippen molar-refractivity contribution in [3.05, 3.63) is 119 Å². The summed E-state index contributed by atoms with van der Waals surface area (Å²) >= 11 is 7.68. The van der Waals surface area contributed by atoms with Gasteiger partial charge in [0.2, 0.25) is 5.91 Å². The number of β-lactam (4-membered cyclic amide) rings is 1. The lowest BCUT2D eigenvalue weighted by Crippen LogP contribution is -2.70. The molecule has 3 aromatic carbocycles. The van der Waals surface area contributed by atoms with Gasteiger partial charge in [-0.25, -0.2) is 4.79 Å². The third kappa shape index (κ3) is 5.29. The number of amides is 2. The van der Waals surface area contributed by atoms with Gasteiger partial charge in [0.25, 0.3) is 5.91 Å². The molecule has 2 amide bonds. The van der Waals surface area contributed by atoms with Crippen LogP contribution in [0.2, 0.25) is 0 Å². The number of thioether (sulfide) groups is 1. The van der Waals surface area contributed by atoms with E-state index in [2.05, 4.69) is 5.32 Å². The van der Waals surface area contributed by atoms with Crippen LogP contribution in [0.25, 0.3) is 0 Å². The highest BCUT2D eigenvalue weighted by Gasteiger charge is 2.54. The minimum Gasteiger partial charge on any atom is -0.448 e. The third-order valence-electron chi connectivity index (χ3n) is 6.36. The van der Waals surface area contributed by atoms with Gasteiger partial charge in [-0.15, -0.1) is 23.4 Å². The van der Waals surface area contributed by atoms with Crippen LogP contribution in [0.1, 0.15) is 22.8 Å². The molecule has 188 valence electrons. The zero-order valence-corrected chi connectivity index (χ0v) is 21.5. The third-order valence-corrected chi connectivity index (χ3v) is 8.02. The molecule has 2 atom stereocenters. The predicted molar refractivity (Wildman–Crippen MR) is 144 cm³/mol. The number of rotatable bonds is 8. The van der Waals surface area contributed by atoms with E-state index in [0.717, 1.165) is 16.7 Å². The molecule has 0 aliphatic carbocycles. The second-order valence-electron chi connectivity index (χ2n) is 8.81. The van der Waals surface area contributed by atoms with Gasteiger partial charge in [-0.05, 0) is 22.3 Å². The average Bonchev–Trinajstić information content (AvgIpc) is 2.95. The molecule has 0 radical (unpaired) electrons. The predicted octanol–water partition coefficient (Wildman–Crippen LogP) is 4.45. The van der Waals surface area contributed by atoms with Crippen molar-refractivity contribution in [2.45, 2.75) is 23.9 Å². The van der Waals surface area contributed by atoms with Crippen LogP contribution in [-0.2, 0) is 25.5 Å². The number of ether oxygens (including phenoxy) is 1. The van der Waals surface area contributed by atoms with Crippen molar-refractivity contribution in [2.24, 2.45) is 0 Å². The SMILES string of the molecule is O=C(Cc1ccccc1)N[C@@H]1C(=O)N2C(C(=O)OC(c3ccccc3)c3ccccc3)=C(CCl)CS[C@H]12. The summed E-state index contributed by atoms with van der Waals surface area (Å²) in [5.74, 6) is -0.630. The van der Waals surface area contributed by atoms with Gasteiger partial charge in [-0.3, -0.25) is 14.5 Å². The van der Waals surface area contributed by atoms with Crippen LogP contribution in [-0.4, -0.2) is 45.7 Å². The number of carbonyl (C=O) groups is 3. The lowest BCUT2D eigenvalue weighted by molar-refractivity contribution is -0.154. The summed E-state index contributed by atoms with van der Waals surface area (Å²) in [5.41, 5.74) is 3.31. The van der Waals surface area contributed by atoms with Crippen molar-refractivity contribution in [3.8, 4) is 0 Å². The van der Waals surface area contributed by atoms with E-state index >= 15 is 0 Å². The summed E-state index contributed by atoms with van der Waals surface area (Å²) in [7, 11) is 0. The number of benzene rings is 3. The number of fused-ring (bicyclic) bond motifs is 1. The largest absolute Gasteiger partial charge is 0.448 e. The Morgan fingerprint density at radius 3 is 2.08 bits per heavy atom. The van der Waals surface area contributed by atoms with E-state index in [1.54, 1.807) is 0 Å². The molecule has 2 aliphatic heterocycles.